The Hall–Kier alpha value is -1.46. The highest BCUT2D eigenvalue weighted by atomic mass is 32.1. The molecule has 2 aromatic rings. The molecule has 4 nitrogen and oxygen atoms in total. The number of hydrogen-bond acceptors (Lipinski definition) is 5. The van der Waals surface area contributed by atoms with E-state index in [0.717, 1.165) is 29.4 Å². The van der Waals surface area contributed by atoms with Gasteiger partial charge in [0.15, 0.2) is 5.82 Å². The second kappa shape index (κ2) is 6.47. The maximum Gasteiger partial charge on any atom is 0.157 e. The fraction of sp³-hybridized carbons (Fsp3) is 0.385. The first-order valence-electron chi connectivity index (χ1n) is 6.05. The van der Waals surface area contributed by atoms with Gasteiger partial charge in [0, 0.05) is 30.2 Å². The first kappa shape index (κ1) is 13.0. The lowest BCUT2D eigenvalue weighted by molar-refractivity contribution is 0.128. The summed E-state index contributed by atoms with van der Waals surface area (Å²) in [5, 5.41) is 7.36. The summed E-state index contributed by atoms with van der Waals surface area (Å²) in [6, 6.07) is 4.04. The first-order valence-corrected chi connectivity index (χ1v) is 7.00. The summed E-state index contributed by atoms with van der Waals surface area (Å²) in [6.07, 6.45) is 0. The van der Waals surface area contributed by atoms with E-state index in [9.17, 15) is 0 Å². The molecule has 96 valence electrons. The molecule has 1 N–H and O–H groups in total. The van der Waals surface area contributed by atoms with Crippen molar-refractivity contribution in [2.45, 2.75) is 20.5 Å². The minimum Gasteiger partial charge on any atom is -0.374 e. The molecule has 0 aliphatic rings. The number of nitrogens with one attached hydrogen (secondary N) is 1. The monoisotopic (exact) mass is 263 g/mol. The average Bonchev–Trinajstić information content (AvgIpc) is 2.90. The zero-order valence-electron chi connectivity index (χ0n) is 10.6. The molecule has 5 heteroatoms. The minimum atomic E-state index is 0.451. The van der Waals surface area contributed by atoms with Crippen molar-refractivity contribution in [3.05, 3.63) is 28.7 Å². The summed E-state index contributed by atoms with van der Waals surface area (Å²) >= 11 is 1.67. The Morgan fingerprint density at radius 2 is 2.22 bits per heavy atom. The van der Waals surface area contributed by atoms with E-state index in [2.05, 4.69) is 33.7 Å². The number of nitrogens with zero attached hydrogens (tertiary/aromatic N) is 2. The first-order chi connectivity index (χ1) is 8.83. The van der Waals surface area contributed by atoms with Crippen LogP contribution in [0.5, 0.6) is 0 Å². The molecule has 0 saturated carbocycles. The normalized spacial score (nSPS) is 10.6. The number of aromatic nitrogens is 2. The fourth-order valence-electron chi connectivity index (χ4n) is 1.58. The molecule has 0 aliphatic heterocycles. The Labute approximate surface area is 111 Å². The number of hydrogen-bond donors (Lipinski definition) is 1. The van der Waals surface area contributed by atoms with Gasteiger partial charge in [-0.05, 0) is 25.3 Å². The molecule has 0 aliphatic carbocycles. The van der Waals surface area contributed by atoms with Crippen LogP contribution in [0.4, 0.5) is 5.82 Å². The predicted molar refractivity (Wildman–Crippen MR) is 74.8 cm³/mol. The van der Waals surface area contributed by atoms with Gasteiger partial charge in [-0.25, -0.2) is 9.97 Å². The molecule has 0 radical (unpaired) electrons. The van der Waals surface area contributed by atoms with E-state index >= 15 is 0 Å². The molecular weight excluding hydrogens is 246 g/mol. The van der Waals surface area contributed by atoms with Gasteiger partial charge in [0.2, 0.25) is 0 Å². The summed E-state index contributed by atoms with van der Waals surface area (Å²) in [6.45, 7) is 5.98. The molecule has 0 bridgehead atoms. The van der Waals surface area contributed by atoms with Crippen molar-refractivity contribution in [2.24, 2.45) is 0 Å². The van der Waals surface area contributed by atoms with Crippen molar-refractivity contribution in [1.82, 2.24) is 9.97 Å². The van der Waals surface area contributed by atoms with Crippen LogP contribution in [0.25, 0.3) is 11.3 Å². The summed E-state index contributed by atoms with van der Waals surface area (Å²) in [4.78, 5) is 8.95. The van der Waals surface area contributed by atoms with Crippen LogP contribution >= 0.6 is 11.3 Å². The van der Waals surface area contributed by atoms with Gasteiger partial charge >= 0.3 is 0 Å². The molecule has 0 unspecified atom stereocenters. The maximum atomic E-state index is 5.37. The smallest absolute Gasteiger partial charge is 0.157 e. The largest absolute Gasteiger partial charge is 0.374 e. The Bertz CT molecular complexity index is 485. The van der Waals surface area contributed by atoms with E-state index in [1.165, 1.54) is 0 Å². The molecule has 18 heavy (non-hydrogen) atoms. The molecule has 2 aromatic heterocycles. The number of ether oxygens (including phenoxy) is 1. The zero-order chi connectivity index (χ0) is 12.8. The molecule has 2 rings (SSSR count). The molecule has 0 spiro atoms. The fourth-order valence-corrected chi connectivity index (χ4v) is 2.23. The second-order valence-electron chi connectivity index (χ2n) is 3.73. The number of thiophene rings is 1. The SMILES string of the molecule is CCNc1cc(-c2ccsc2)nc(COCC)n1. The van der Waals surface area contributed by atoms with Crippen molar-refractivity contribution in [3.8, 4) is 11.3 Å². The predicted octanol–water partition coefficient (Wildman–Crippen LogP) is 3.17. The third-order valence-corrected chi connectivity index (χ3v) is 3.07. The summed E-state index contributed by atoms with van der Waals surface area (Å²) < 4.78 is 5.37. The van der Waals surface area contributed by atoms with E-state index in [-0.39, 0.29) is 0 Å². The highest BCUT2D eigenvalue weighted by Gasteiger charge is 2.06. The number of anilines is 1. The molecule has 0 saturated heterocycles. The van der Waals surface area contributed by atoms with E-state index in [1.807, 2.05) is 18.4 Å². The van der Waals surface area contributed by atoms with Gasteiger partial charge in [-0.15, -0.1) is 0 Å². The van der Waals surface area contributed by atoms with Crippen LogP contribution in [-0.2, 0) is 11.3 Å². The minimum absolute atomic E-state index is 0.451. The van der Waals surface area contributed by atoms with Gasteiger partial charge in [-0.2, -0.15) is 11.3 Å². The lowest BCUT2D eigenvalue weighted by atomic mass is 10.2. The van der Waals surface area contributed by atoms with Crippen LogP contribution in [-0.4, -0.2) is 23.1 Å². The van der Waals surface area contributed by atoms with E-state index in [4.69, 9.17) is 4.74 Å². The van der Waals surface area contributed by atoms with Gasteiger partial charge in [-0.1, -0.05) is 0 Å². The summed E-state index contributed by atoms with van der Waals surface area (Å²) in [5.74, 6) is 1.57. The topological polar surface area (TPSA) is 47.0 Å². The van der Waals surface area contributed by atoms with Gasteiger partial charge in [0.05, 0.1) is 5.69 Å². The second-order valence-corrected chi connectivity index (χ2v) is 4.51. The molecule has 0 fully saturated rings. The molecule has 0 aromatic carbocycles. The number of rotatable bonds is 6. The lowest BCUT2D eigenvalue weighted by Crippen LogP contribution is -2.06. The van der Waals surface area contributed by atoms with Gasteiger partial charge in [-0.3, -0.25) is 0 Å². The van der Waals surface area contributed by atoms with E-state index < -0.39 is 0 Å². The van der Waals surface area contributed by atoms with Crippen molar-refractivity contribution in [3.63, 3.8) is 0 Å². The quantitative estimate of drug-likeness (QED) is 0.869. The third-order valence-electron chi connectivity index (χ3n) is 2.38. The zero-order valence-corrected chi connectivity index (χ0v) is 11.5. The third kappa shape index (κ3) is 3.27. The van der Waals surface area contributed by atoms with E-state index in [0.29, 0.717) is 13.2 Å². The van der Waals surface area contributed by atoms with Crippen LogP contribution in [0.1, 0.15) is 19.7 Å². The van der Waals surface area contributed by atoms with Crippen LogP contribution in [0.2, 0.25) is 0 Å². The van der Waals surface area contributed by atoms with Crippen LogP contribution in [0.15, 0.2) is 22.9 Å². The highest BCUT2D eigenvalue weighted by Crippen LogP contribution is 2.22. The standard InChI is InChI=1S/C13H17N3OS/c1-3-14-12-7-11(10-5-6-18-9-10)15-13(16-12)8-17-4-2/h5-7,9H,3-4,8H2,1-2H3,(H,14,15,16). The van der Waals surface area contributed by atoms with Gasteiger partial charge in [0.1, 0.15) is 12.4 Å². The van der Waals surface area contributed by atoms with Crippen LogP contribution in [0.3, 0.4) is 0 Å². The van der Waals surface area contributed by atoms with Crippen molar-refractivity contribution >= 4 is 17.2 Å². The Morgan fingerprint density at radius 3 is 2.89 bits per heavy atom. The average molecular weight is 263 g/mol. The van der Waals surface area contributed by atoms with Gasteiger partial charge in [0.25, 0.3) is 0 Å². The Morgan fingerprint density at radius 1 is 1.33 bits per heavy atom. The molecule has 2 heterocycles. The molecule has 0 amide bonds. The van der Waals surface area contributed by atoms with Crippen molar-refractivity contribution in [2.75, 3.05) is 18.5 Å². The lowest BCUT2D eigenvalue weighted by Gasteiger charge is -2.08. The molecule has 0 atom stereocenters. The Balaban J connectivity index is 2.30. The van der Waals surface area contributed by atoms with Crippen molar-refractivity contribution < 1.29 is 4.74 Å². The highest BCUT2D eigenvalue weighted by molar-refractivity contribution is 7.08. The van der Waals surface area contributed by atoms with Gasteiger partial charge < -0.3 is 10.1 Å². The van der Waals surface area contributed by atoms with E-state index in [1.54, 1.807) is 11.3 Å². The summed E-state index contributed by atoms with van der Waals surface area (Å²) in [5.41, 5.74) is 2.07. The Kier molecular flexibility index (Phi) is 4.66. The van der Waals surface area contributed by atoms with Crippen molar-refractivity contribution in [1.29, 1.82) is 0 Å². The summed E-state index contributed by atoms with van der Waals surface area (Å²) in [7, 11) is 0. The van der Waals surface area contributed by atoms with Crippen LogP contribution < -0.4 is 5.32 Å². The van der Waals surface area contributed by atoms with Crippen LogP contribution in [0, 0.1) is 0 Å². The maximum absolute atomic E-state index is 5.37. The molecular formula is C13H17N3OS.